The molecule has 0 unspecified atom stereocenters. The van der Waals surface area contributed by atoms with Crippen LogP contribution in [0, 0.1) is 6.92 Å². The molecule has 8 bridgehead atoms. The van der Waals surface area contributed by atoms with Gasteiger partial charge in [0.15, 0.2) is 0 Å². The van der Waals surface area contributed by atoms with Crippen LogP contribution in [0.25, 0.3) is 12.2 Å². The quantitative estimate of drug-likeness (QED) is 0.167. The first kappa shape index (κ1) is 35.6. The standard InChI is InChI=1S/C37H42N4O5.Ni/c1-9-23-19(3)28-15-29-21(5)25(11-13-34(43)45-7)32(39-29)17-33-26(12-14-35(44)46-8)22(6)36(41-33)27(18-42)37-24(10-2)20(4)30(40-37)16-31(23)38-28;/h15-18,38,42H,9-14H2,1-8H3;. The number of aliphatic hydroxyl groups is 1. The number of aromatic amines is 1. The molecule has 0 fully saturated rings. The number of aliphatic hydroxyl groups excluding tert-OH is 1. The number of allylic oxidation sites excluding steroid dienone is 8. The van der Waals surface area contributed by atoms with Crippen LogP contribution in [0.1, 0.15) is 89.2 Å². The third-order valence-electron chi connectivity index (χ3n) is 9.34. The van der Waals surface area contributed by atoms with Crippen molar-refractivity contribution in [2.45, 2.75) is 80.1 Å². The van der Waals surface area contributed by atoms with Gasteiger partial charge in [0.1, 0.15) is 0 Å². The minimum atomic E-state index is -0.323. The summed E-state index contributed by atoms with van der Waals surface area (Å²) >= 11 is 0. The average Bonchev–Trinajstić information content (AvgIpc) is 3.72. The summed E-state index contributed by atoms with van der Waals surface area (Å²) in [5.74, 6) is -0.621. The van der Waals surface area contributed by atoms with Crippen LogP contribution in [-0.4, -0.2) is 53.4 Å². The van der Waals surface area contributed by atoms with E-state index in [2.05, 4.69) is 44.8 Å². The zero-order valence-corrected chi connectivity index (χ0v) is 29.3. The molecule has 0 atom stereocenters. The number of rotatable bonds is 8. The van der Waals surface area contributed by atoms with E-state index in [-0.39, 0.29) is 41.3 Å². The van der Waals surface area contributed by atoms with E-state index in [0.717, 1.165) is 80.9 Å². The molecule has 0 saturated carbocycles. The van der Waals surface area contributed by atoms with Crippen molar-refractivity contribution < 1.29 is 40.7 Å². The fraction of sp³-hybridized carbons (Fsp3) is 0.378. The van der Waals surface area contributed by atoms with Gasteiger partial charge in [0.2, 0.25) is 0 Å². The van der Waals surface area contributed by atoms with Crippen molar-refractivity contribution in [1.82, 2.24) is 4.98 Å². The van der Waals surface area contributed by atoms with Gasteiger partial charge in [-0.1, -0.05) is 13.8 Å². The van der Waals surface area contributed by atoms with Crippen molar-refractivity contribution >= 4 is 41.2 Å². The largest absolute Gasteiger partial charge is 0.515 e. The predicted molar refractivity (Wildman–Crippen MR) is 183 cm³/mol. The topological polar surface area (TPSA) is 126 Å². The summed E-state index contributed by atoms with van der Waals surface area (Å²) in [6, 6.07) is 0. The molecule has 0 aliphatic carbocycles. The zero-order chi connectivity index (χ0) is 33.3. The summed E-state index contributed by atoms with van der Waals surface area (Å²) in [7, 11) is 2.76. The molecular weight excluding hydrogens is 639 g/mol. The average molecular weight is 681 g/mol. The number of methoxy groups -OCH3 is 2. The molecule has 0 amide bonds. The Morgan fingerprint density at radius 3 is 1.91 bits per heavy atom. The number of nitrogens with zero attached hydrogens (tertiary/aromatic N) is 3. The molecule has 250 valence electrons. The predicted octanol–water partition coefficient (Wildman–Crippen LogP) is 7.53. The molecule has 0 spiro atoms. The Labute approximate surface area is 286 Å². The maximum Gasteiger partial charge on any atom is 0.305 e. The van der Waals surface area contributed by atoms with E-state index < -0.39 is 0 Å². The molecule has 2 N–H and O–H groups in total. The number of aliphatic imine (C=N–C) groups is 3. The van der Waals surface area contributed by atoms with Crippen LogP contribution in [0.5, 0.6) is 0 Å². The second kappa shape index (κ2) is 14.6. The summed E-state index contributed by atoms with van der Waals surface area (Å²) in [5, 5.41) is 10.7. The van der Waals surface area contributed by atoms with Crippen molar-refractivity contribution in [3.63, 3.8) is 0 Å². The Hall–Kier alpha value is -4.30. The van der Waals surface area contributed by atoms with Crippen molar-refractivity contribution in [3.8, 4) is 0 Å². The van der Waals surface area contributed by atoms with Crippen LogP contribution in [-0.2, 0) is 42.0 Å². The number of ether oxygens (including phenoxy) is 2. The Morgan fingerprint density at radius 2 is 1.32 bits per heavy atom. The first-order chi connectivity index (χ1) is 22.1. The van der Waals surface area contributed by atoms with Gasteiger partial charge in [-0.25, -0.2) is 15.0 Å². The van der Waals surface area contributed by atoms with E-state index >= 15 is 0 Å². The van der Waals surface area contributed by atoms with Crippen LogP contribution in [0.4, 0.5) is 0 Å². The van der Waals surface area contributed by atoms with Gasteiger partial charge < -0.3 is 19.6 Å². The Balaban J connectivity index is 0.00000500. The first-order valence-electron chi connectivity index (χ1n) is 15.8. The smallest absolute Gasteiger partial charge is 0.305 e. The molecule has 1 aromatic heterocycles. The number of hydrogen-bond donors (Lipinski definition) is 2. The van der Waals surface area contributed by atoms with E-state index in [1.807, 2.05) is 19.9 Å². The summed E-state index contributed by atoms with van der Waals surface area (Å²) in [4.78, 5) is 43.3. The SMILES string of the molecule is CCC1=C(C)C2=Cc3[nH]c(c(C)c3CC)C=C3N=C(C=C4N=C(C(=CO)C1=N2)C(C)=C4CCC(=O)OC)C(CCC(=O)OC)=C3C.[Ni]. The van der Waals surface area contributed by atoms with Crippen molar-refractivity contribution in [1.29, 1.82) is 0 Å². The van der Waals surface area contributed by atoms with Crippen molar-refractivity contribution in [3.05, 3.63) is 91.0 Å². The van der Waals surface area contributed by atoms with Crippen LogP contribution < -0.4 is 0 Å². The Kier molecular flexibility index (Phi) is 11.1. The molecule has 9 nitrogen and oxygen atoms in total. The van der Waals surface area contributed by atoms with Gasteiger partial charge in [0, 0.05) is 40.7 Å². The second-order valence-electron chi connectivity index (χ2n) is 11.8. The van der Waals surface area contributed by atoms with Gasteiger partial charge >= 0.3 is 11.9 Å². The monoisotopic (exact) mass is 680 g/mol. The fourth-order valence-corrected chi connectivity index (χ4v) is 6.60. The number of esters is 2. The Bertz CT molecular complexity index is 1850. The van der Waals surface area contributed by atoms with Crippen molar-refractivity contribution in [2.24, 2.45) is 15.0 Å². The number of carbonyl (C=O) groups is 2. The summed E-state index contributed by atoms with van der Waals surface area (Å²) in [6.45, 7) is 12.4. The summed E-state index contributed by atoms with van der Waals surface area (Å²) < 4.78 is 9.90. The number of aromatic nitrogens is 1. The maximum absolute atomic E-state index is 12.2. The van der Waals surface area contributed by atoms with Gasteiger partial charge in [0.25, 0.3) is 0 Å². The van der Waals surface area contributed by atoms with Gasteiger partial charge in [-0.05, 0) is 116 Å². The number of carbonyl (C=O) groups excluding carboxylic acids is 2. The number of fused-ring (bicyclic) bond motifs is 5. The van der Waals surface area contributed by atoms with Gasteiger partial charge in [-0.3, -0.25) is 9.59 Å². The van der Waals surface area contributed by atoms with E-state index in [0.29, 0.717) is 41.2 Å². The third-order valence-corrected chi connectivity index (χ3v) is 9.34. The number of nitrogens with one attached hydrogen (secondary N) is 1. The normalized spacial score (nSPS) is 18.1. The first-order valence-corrected chi connectivity index (χ1v) is 15.8. The molecule has 0 radical (unpaired) electrons. The number of H-pyrrole nitrogens is 1. The van der Waals surface area contributed by atoms with Gasteiger partial charge in [-0.2, -0.15) is 0 Å². The van der Waals surface area contributed by atoms with Crippen LogP contribution in [0.15, 0.2) is 83.4 Å². The van der Waals surface area contributed by atoms with E-state index in [1.54, 1.807) is 0 Å². The molecule has 5 heterocycles. The molecule has 0 aromatic carbocycles. The third kappa shape index (κ3) is 6.61. The van der Waals surface area contributed by atoms with Crippen LogP contribution in [0.2, 0.25) is 0 Å². The molecule has 0 saturated heterocycles. The maximum atomic E-state index is 12.2. The second-order valence-corrected chi connectivity index (χ2v) is 11.8. The molecule has 5 rings (SSSR count). The van der Waals surface area contributed by atoms with E-state index in [1.165, 1.54) is 19.8 Å². The van der Waals surface area contributed by atoms with Gasteiger partial charge in [0.05, 0.1) is 60.3 Å². The van der Waals surface area contributed by atoms with Crippen molar-refractivity contribution in [2.75, 3.05) is 14.2 Å². The van der Waals surface area contributed by atoms with Gasteiger partial charge in [-0.15, -0.1) is 0 Å². The molecular formula is C37H42N4NiO5. The molecule has 1 aromatic rings. The number of hydrogen-bond acceptors (Lipinski definition) is 8. The van der Waals surface area contributed by atoms with E-state index in [4.69, 9.17) is 24.5 Å². The zero-order valence-electron chi connectivity index (χ0n) is 28.3. The molecule has 4 aliphatic heterocycles. The summed E-state index contributed by atoms with van der Waals surface area (Å²) in [6.07, 6.45) is 9.94. The fourth-order valence-electron chi connectivity index (χ4n) is 6.60. The molecule has 4 aliphatic rings. The van der Waals surface area contributed by atoms with Crippen LogP contribution >= 0.6 is 0 Å². The molecule has 10 heteroatoms. The Morgan fingerprint density at radius 1 is 0.745 bits per heavy atom. The summed E-state index contributed by atoms with van der Waals surface area (Å²) in [5.41, 5.74) is 14.7. The van der Waals surface area contributed by atoms with Crippen LogP contribution in [0.3, 0.4) is 0 Å². The minimum Gasteiger partial charge on any atom is -0.515 e. The minimum absolute atomic E-state index is 0. The van der Waals surface area contributed by atoms with E-state index in [9.17, 15) is 14.7 Å². The molecule has 47 heavy (non-hydrogen) atoms.